The first-order valence-corrected chi connectivity index (χ1v) is 5.58. The fourth-order valence-corrected chi connectivity index (χ4v) is 1.71. The molecule has 1 aliphatic carbocycles. The highest BCUT2D eigenvalue weighted by Gasteiger charge is 2.27. The molecule has 1 aromatic heterocycles. The highest BCUT2D eigenvalue weighted by atomic mass is 16.5. The van der Waals surface area contributed by atoms with Crippen molar-refractivity contribution < 1.29 is 4.52 Å². The summed E-state index contributed by atoms with van der Waals surface area (Å²) in [5.41, 5.74) is 0. The zero-order valence-electron chi connectivity index (χ0n) is 9.36. The van der Waals surface area contributed by atoms with Crippen LogP contribution in [-0.2, 0) is 0 Å². The van der Waals surface area contributed by atoms with E-state index in [2.05, 4.69) is 27.3 Å². The monoisotopic (exact) mass is 210 g/mol. The minimum atomic E-state index is 0.527. The summed E-state index contributed by atoms with van der Waals surface area (Å²) in [4.78, 5) is 6.57. The maximum Gasteiger partial charge on any atom is 0.321 e. The van der Waals surface area contributed by atoms with E-state index >= 15 is 0 Å². The SMILES string of the molecule is CCN(CCNc1nc(C)no1)C1CC1. The third kappa shape index (κ3) is 2.92. The van der Waals surface area contributed by atoms with E-state index in [0.717, 1.165) is 25.7 Å². The molecule has 5 heteroatoms. The van der Waals surface area contributed by atoms with E-state index in [1.54, 1.807) is 0 Å². The van der Waals surface area contributed by atoms with Gasteiger partial charge in [0.05, 0.1) is 0 Å². The van der Waals surface area contributed by atoms with Crippen LogP contribution in [0.3, 0.4) is 0 Å². The molecule has 0 bridgehead atoms. The van der Waals surface area contributed by atoms with Crippen molar-refractivity contribution in [2.24, 2.45) is 0 Å². The van der Waals surface area contributed by atoms with Crippen LogP contribution in [0.2, 0.25) is 0 Å². The lowest BCUT2D eigenvalue weighted by atomic mass is 10.4. The van der Waals surface area contributed by atoms with Crippen molar-refractivity contribution in [1.29, 1.82) is 0 Å². The number of nitrogens with zero attached hydrogens (tertiary/aromatic N) is 3. The van der Waals surface area contributed by atoms with E-state index in [1.165, 1.54) is 12.8 Å². The molecule has 0 unspecified atom stereocenters. The lowest BCUT2D eigenvalue weighted by Gasteiger charge is -2.19. The molecule has 1 aliphatic rings. The van der Waals surface area contributed by atoms with Gasteiger partial charge in [-0.2, -0.15) is 4.98 Å². The maximum atomic E-state index is 4.97. The van der Waals surface area contributed by atoms with Crippen LogP contribution in [0, 0.1) is 6.92 Å². The van der Waals surface area contributed by atoms with Crippen molar-refractivity contribution in [3.8, 4) is 0 Å². The molecule has 1 fully saturated rings. The van der Waals surface area contributed by atoms with Crippen LogP contribution in [0.4, 0.5) is 6.01 Å². The first-order chi connectivity index (χ1) is 7.29. The quantitative estimate of drug-likeness (QED) is 0.766. The highest BCUT2D eigenvalue weighted by Crippen LogP contribution is 2.25. The summed E-state index contributed by atoms with van der Waals surface area (Å²) >= 11 is 0. The molecular formula is C10H18N4O. The Balaban J connectivity index is 1.69. The van der Waals surface area contributed by atoms with Gasteiger partial charge in [-0.05, 0) is 26.3 Å². The Morgan fingerprint density at radius 2 is 2.33 bits per heavy atom. The molecule has 15 heavy (non-hydrogen) atoms. The van der Waals surface area contributed by atoms with Gasteiger partial charge in [-0.3, -0.25) is 4.90 Å². The molecule has 5 nitrogen and oxygen atoms in total. The van der Waals surface area contributed by atoms with Gasteiger partial charge in [-0.1, -0.05) is 12.1 Å². The van der Waals surface area contributed by atoms with Crippen molar-refractivity contribution >= 4 is 6.01 Å². The van der Waals surface area contributed by atoms with Crippen LogP contribution in [0.15, 0.2) is 4.52 Å². The van der Waals surface area contributed by atoms with E-state index in [-0.39, 0.29) is 0 Å². The Morgan fingerprint density at radius 1 is 1.53 bits per heavy atom. The van der Waals surface area contributed by atoms with Crippen molar-refractivity contribution in [2.45, 2.75) is 32.7 Å². The zero-order valence-corrected chi connectivity index (χ0v) is 9.36. The molecule has 0 saturated heterocycles. The Bertz CT molecular complexity index is 308. The molecule has 0 amide bonds. The Labute approximate surface area is 89.8 Å². The normalized spacial score (nSPS) is 15.9. The third-order valence-corrected chi connectivity index (χ3v) is 2.67. The summed E-state index contributed by atoms with van der Waals surface area (Å²) in [6.45, 7) is 7.05. The summed E-state index contributed by atoms with van der Waals surface area (Å²) < 4.78 is 4.97. The fourth-order valence-electron chi connectivity index (χ4n) is 1.71. The number of aromatic nitrogens is 2. The first kappa shape index (κ1) is 10.4. The minimum absolute atomic E-state index is 0.527. The largest absolute Gasteiger partial charge is 0.336 e. The molecule has 0 atom stereocenters. The number of hydrogen-bond donors (Lipinski definition) is 1. The molecule has 1 heterocycles. The summed E-state index contributed by atoms with van der Waals surface area (Å²) in [5, 5.41) is 6.85. The van der Waals surface area contributed by atoms with Crippen LogP contribution in [0.1, 0.15) is 25.6 Å². The fraction of sp³-hybridized carbons (Fsp3) is 0.800. The van der Waals surface area contributed by atoms with Gasteiger partial charge in [0.25, 0.3) is 0 Å². The summed E-state index contributed by atoms with van der Waals surface area (Å²) in [6, 6.07) is 1.35. The van der Waals surface area contributed by atoms with Gasteiger partial charge in [-0.15, -0.1) is 0 Å². The van der Waals surface area contributed by atoms with Crippen LogP contribution >= 0.6 is 0 Å². The Morgan fingerprint density at radius 3 is 2.87 bits per heavy atom. The summed E-state index contributed by atoms with van der Waals surface area (Å²) in [7, 11) is 0. The lowest BCUT2D eigenvalue weighted by molar-refractivity contribution is 0.287. The predicted molar refractivity (Wildman–Crippen MR) is 57.8 cm³/mol. The molecule has 0 aromatic carbocycles. The second-order valence-corrected chi connectivity index (χ2v) is 3.93. The maximum absolute atomic E-state index is 4.97. The van der Waals surface area contributed by atoms with E-state index in [1.807, 2.05) is 6.92 Å². The third-order valence-electron chi connectivity index (χ3n) is 2.67. The van der Waals surface area contributed by atoms with Gasteiger partial charge >= 0.3 is 6.01 Å². The molecule has 0 radical (unpaired) electrons. The average molecular weight is 210 g/mol. The number of rotatable bonds is 6. The predicted octanol–water partition coefficient (Wildman–Crippen LogP) is 1.27. The number of nitrogens with one attached hydrogen (secondary N) is 1. The molecule has 0 spiro atoms. The molecule has 1 saturated carbocycles. The number of hydrogen-bond acceptors (Lipinski definition) is 5. The lowest BCUT2D eigenvalue weighted by Crippen LogP contribution is -2.30. The van der Waals surface area contributed by atoms with Gasteiger partial charge < -0.3 is 9.84 Å². The minimum Gasteiger partial charge on any atom is -0.336 e. The average Bonchev–Trinajstić information content (AvgIpc) is 2.98. The molecule has 1 N–H and O–H groups in total. The number of likely N-dealkylation sites (N-methyl/N-ethyl adjacent to an activating group) is 1. The first-order valence-electron chi connectivity index (χ1n) is 5.58. The molecule has 84 valence electrons. The van der Waals surface area contributed by atoms with Crippen molar-refractivity contribution in [1.82, 2.24) is 15.0 Å². The van der Waals surface area contributed by atoms with Crippen molar-refractivity contribution in [2.75, 3.05) is 25.0 Å². The molecule has 0 aliphatic heterocycles. The molecule has 1 aromatic rings. The topological polar surface area (TPSA) is 54.2 Å². The smallest absolute Gasteiger partial charge is 0.321 e. The van der Waals surface area contributed by atoms with Crippen molar-refractivity contribution in [3.63, 3.8) is 0 Å². The van der Waals surface area contributed by atoms with Gasteiger partial charge in [0.1, 0.15) is 0 Å². The van der Waals surface area contributed by atoms with Gasteiger partial charge in [0.15, 0.2) is 5.82 Å². The van der Waals surface area contributed by atoms with E-state index in [4.69, 9.17) is 4.52 Å². The molecule has 2 rings (SSSR count). The summed E-state index contributed by atoms with van der Waals surface area (Å²) in [5.74, 6) is 0.673. The van der Waals surface area contributed by atoms with Crippen LogP contribution in [0.5, 0.6) is 0 Å². The second kappa shape index (κ2) is 4.61. The van der Waals surface area contributed by atoms with Crippen LogP contribution < -0.4 is 5.32 Å². The van der Waals surface area contributed by atoms with Gasteiger partial charge in [-0.25, -0.2) is 0 Å². The zero-order chi connectivity index (χ0) is 10.7. The summed E-state index contributed by atoms with van der Waals surface area (Å²) in [6.07, 6.45) is 2.71. The van der Waals surface area contributed by atoms with Crippen LogP contribution in [0.25, 0.3) is 0 Å². The molecular weight excluding hydrogens is 192 g/mol. The Hall–Kier alpha value is -1.10. The Kier molecular flexibility index (Phi) is 3.20. The van der Waals surface area contributed by atoms with Gasteiger partial charge in [0, 0.05) is 19.1 Å². The van der Waals surface area contributed by atoms with E-state index in [9.17, 15) is 0 Å². The second-order valence-electron chi connectivity index (χ2n) is 3.93. The van der Waals surface area contributed by atoms with E-state index in [0.29, 0.717) is 11.8 Å². The standard InChI is InChI=1S/C10H18N4O/c1-3-14(9-4-5-9)7-6-11-10-12-8(2)13-15-10/h9H,3-7H2,1-2H3,(H,11,12,13). The number of anilines is 1. The van der Waals surface area contributed by atoms with Gasteiger partial charge in [0.2, 0.25) is 0 Å². The van der Waals surface area contributed by atoms with Crippen molar-refractivity contribution in [3.05, 3.63) is 5.82 Å². The van der Waals surface area contributed by atoms with E-state index < -0.39 is 0 Å². The highest BCUT2D eigenvalue weighted by molar-refractivity contribution is 5.17. The van der Waals surface area contributed by atoms with Crippen LogP contribution in [-0.4, -0.2) is 40.7 Å². The number of aryl methyl sites for hydroxylation is 1.